The van der Waals surface area contributed by atoms with Gasteiger partial charge in [0.05, 0.1) is 7.11 Å². The molecule has 0 saturated heterocycles. The molecular weight excluding hydrogens is 625 g/mol. The molecule has 0 saturated carbocycles. The van der Waals surface area contributed by atoms with Gasteiger partial charge < -0.3 is 26.4 Å². The molecule has 0 bridgehead atoms. The average Bonchev–Trinajstić information content (AvgIpc) is 3.11. The lowest BCUT2D eigenvalue weighted by atomic mass is 10.1. The van der Waals surface area contributed by atoms with Gasteiger partial charge in [-0.15, -0.1) is 11.8 Å². The van der Waals surface area contributed by atoms with Crippen molar-refractivity contribution in [3.63, 3.8) is 0 Å². The smallest absolute Gasteiger partial charge is 0.272 e. The summed E-state index contributed by atoms with van der Waals surface area (Å²) in [7, 11) is 1.55. The second kappa shape index (κ2) is 15.9. The van der Waals surface area contributed by atoms with Crippen LogP contribution in [0, 0.1) is 0 Å². The number of rotatable bonds is 12. The van der Waals surface area contributed by atoms with E-state index < -0.39 is 23.0 Å². The Bertz CT molecular complexity index is 1950. The normalized spacial score (nSPS) is 11.6. The first-order valence-electron chi connectivity index (χ1n) is 14.8. The van der Waals surface area contributed by atoms with Crippen molar-refractivity contribution >= 4 is 52.8 Å². The van der Waals surface area contributed by atoms with E-state index in [-0.39, 0.29) is 11.6 Å². The molecule has 0 fully saturated rings. The summed E-state index contributed by atoms with van der Waals surface area (Å²) in [6.45, 7) is 0. The number of nitrogens with one attached hydrogen (secondary N) is 3. The van der Waals surface area contributed by atoms with Gasteiger partial charge in [0.1, 0.15) is 16.7 Å². The maximum Gasteiger partial charge on any atom is 0.272 e. The van der Waals surface area contributed by atoms with Gasteiger partial charge in [-0.3, -0.25) is 19.2 Å². The van der Waals surface area contributed by atoms with Crippen molar-refractivity contribution in [2.75, 3.05) is 17.7 Å². The number of amides is 4. The Morgan fingerprint density at radius 3 is 2.08 bits per heavy atom. The third kappa shape index (κ3) is 8.99. The molecule has 5 rings (SSSR count). The number of methoxy groups -OCH3 is 1. The number of anilines is 2. The second-order valence-corrected chi connectivity index (χ2v) is 11.7. The summed E-state index contributed by atoms with van der Waals surface area (Å²) < 4.78 is 5.32. The molecule has 0 heterocycles. The van der Waals surface area contributed by atoms with Crippen LogP contribution in [0.1, 0.15) is 37.1 Å². The predicted molar refractivity (Wildman–Crippen MR) is 189 cm³/mol. The van der Waals surface area contributed by atoms with Crippen LogP contribution in [0.25, 0.3) is 6.08 Å². The van der Waals surface area contributed by atoms with E-state index in [0.717, 1.165) is 5.56 Å². The van der Waals surface area contributed by atoms with E-state index in [1.165, 1.54) is 11.8 Å². The Hall–Kier alpha value is -6.13. The number of hydrogen-bond donors (Lipinski definition) is 4. The van der Waals surface area contributed by atoms with Crippen LogP contribution in [-0.4, -0.2) is 30.7 Å². The molecule has 5 N–H and O–H groups in total. The molecule has 1 unspecified atom stereocenters. The van der Waals surface area contributed by atoms with Crippen molar-refractivity contribution in [3.8, 4) is 5.75 Å². The molecule has 0 spiro atoms. The van der Waals surface area contributed by atoms with E-state index in [1.54, 1.807) is 110 Å². The SMILES string of the molecule is COc1cccc(/C=C(\NC(=O)c2ccccc2)C(=O)Nc2cccc(SC(C(=O)Nc3ccc(C(N)=O)cc3)c3ccccc3)c2)c1. The highest BCUT2D eigenvalue weighted by atomic mass is 32.2. The number of primary amides is 1. The fourth-order valence-corrected chi connectivity index (χ4v) is 5.73. The first kappa shape index (κ1) is 33.2. The van der Waals surface area contributed by atoms with E-state index in [1.807, 2.05) is 36.4 Å². The predicted octanol–water partition coefficient (Wildman–Crippen LogP) is 6.68. The molecule has 5 aromatic rings. The molecule has 9 nitrogen and oxygen atoms in total. The van der Waals surface area contributed by atoms with Crippen LogP contribution in [0.5, 0.6) is 5.75 Å². The summed E-state index contributed by atoms with van der Waals surface area (Å²) >= 11 is 1.31. The Morgan fingerprint density at radius 2 is 1.40 bits per heavy atom. The average molecular weight is 657 g/mol. The third-order valence-electron chi connectivity index (χ3n) is 7.06. The quantitative estimate of drug-likeness (QED) is 0.0873. The van der Waals surface area contributed by atoms with E-state index in [4.69, 9.17) is 10.5 Å². The monoisotopic (exact) mass is 656 g/mol. The Kier molecular flexibility index (Phi) is 11.0. The summed E-state index contributed by atoms with van der Waals surface area (Å²) in [6.07, 6.45) is 1.57. The fraction of sp³-hybridized carbons (Fsp3) is 0.0526. The minimum atomic E-state index is -0.651. The molecule has 4 amide bonds. The number of benzene rings is 5. The molecule has 5 aromatic carbocycles. The van der Waals surface area contributed by atoms with Gasteiger partial charge in [0, 0.05) is 27.4 Å². The number of carbonyl (C=O) groups excluding carboxylic acids is 4. The van der Waals surface area contributed by atoms with Crippen molar-refractivity contribution in [1.82, 2.24) is 5.32 Å². The molecule has 0 aliphatic carbocycles. The summed E-state index contributed by atoms with van der Waals surface area (Å²) in [6, 6.07) is 38.5. The topological polar surface area (TPSA) is 140 Å². The van der Waals surface area contributed by atoms with E-state index in [9.17, 15) is 19.2 Å². The van der Waals surface area contributed by atoms with Crippen molar-refractivity contribution in [2.24, 2.45) is 5.73 Å². The van der Waals surface area contributed by atoms with Crippen LogP contribution in [0.15, 0.2) is 144 Å². The molecule has 240 valence electrons. The maximum absolute atomic E-state index is 13.6. The van der Waals surface area contributed by atoms with Crippen LogP contribution in [-0.2, 0) is 9.59 Å². The standard InChI is InChI=1S/C38H32N4O5S/c1-47-31-16-8-10-25(22-31)23-33(42-36(44)28-13-6-3-7-14-28)37(45)41-30-15-9-17-32(24-30)48-34(26-11-4-2-5-12-26)38(46)40-29-20-18-27(19-21-29)35(39)43/h2-24,34H,1H3,(H2,39,43)(H,40,46)(H,41,45)(H,42,44)/b33-23-. The largest absolute Gasteiger partial charge is 0.497 e. The number of thioether (sulfide) groups is 1. The van der Waals surface area contributed by atoms with Crippen molar-refractivity contribution in [1.29, 1.82) is 0 Å². The van der Waals surface area contributed by atoms with Gasteiger partial charge in [-0.25, -0.2) is 0 Å². The molecule has 0 aromatic heterocycles. The lowest BCUT2D eigenvalue weighted by molar-refractivity contribution is -0.116. The lowest BCUT2D eigenvalue weighted by Gasteiger charge is -2.18. The van der Waals surface area contributed by atoms with Crippen LogP contribution >= 0.6 is 11.8 Å². The highest BCUT2D eigenvalue weighted by molar-refractivity contribution is 8.00. The fourth-order valence-electron chi connectivity index (χ4n) is 4.65. The minimum Gasteiger partial charge on any atom is -0.497 e. The molecule has 0 aliphatic rings. The van der Waals surface area contributed by atoms with Crippen LogP contribution in [0.3, 0.4) is 0 Å². The van der Waals surface area contributed by atoms with E-state index >= 15 is 0 Å². The van der Waals surface area contributed by atoms with Gasteiger partial charge in [0.25, 0.3) is 11.8 Å². The van der Waals surface area contributed by atoms with Gasteiger partial charge in [0.2, 0.25) is 11.8 Å². The summed E-state index contributed by atoms with van der Waals surface area (Å²) in [5.41, 5.74) is 8.50. The van der Waals surface area contributed by atoms with Crippen LogP contribution < -0.4 is 26.4 Å². The van der Waals surface area contributed by atoms with Crippen molar-refractivity contribution in [3.05, 3.63) is 161 Å². The minimum absolute atomic E-state index is 0.0269. The summed E-state index contributed by atoms with van der Waals surface area (Å²) in [5.74, 6) is -1.22. The molecule has 1 atom stereocenters. The summed E-state index contributed by atoms with van der Waals surface area (Å²) in [5, 5.41) is 7.88. The highest BCUT2D eigenvalue weighted by Crippen LogP contribution is 2.37. The zero-order valence-corrected chi connectivity index (χ0v) is 26.7. The second-order valence-electron chi connectivity index (χ2n) is 10.5. The molecule has 48 heavy (non-hydrogen) atoms. The number of ether oxygens (including phenoxy) is 1. The van der Waals surface area contributed by atoms with Crippen LogP contribution in [0.4, 0.5) is 11.4 Å². The van der Waals surface area contributed by atoms with E-state index in [0.29, 0.717) is 38.7 Å². The Morgan fingerprint density at radius 1 is 0.708 bits per heavy atom. The first-order valence-corrected chi connectivity index (χ1v) is 15.7. The molecular formula is C38H32N4O5S. The Balaban J connectivity index is 1.37. The number of carbonyl (C=O) groups is 4. The van der Waals surface area contributed by atoms with Crippen LogP contribution in [0.2, 0.25) is 0 Å². The summed E-state index contributed by atoms with van der Waals surface area (Å²) in [4.78, 5) is 52.5. The molecule has 0 radical (unpaired) electrons. The Labute approximate surface area is 282 Å². The van der Waals surface area contributed by atoms with Gasteiger partial charge in [-0.1, -0.05) is 66.7 Å². The zero-order valence-electron chi connectivity index (χ0n) is 25.9. The maximum atomic E-state index is 13.6. The van der Waals surface area contributed by atoms with Crippen molar-refractivity contribution < 1.29 is 23.9 Å². The lowest BCUT2D eigenvalue weighted by Crippen LogP contribution is -2.30. The number of nitrogens with two attached hydrogens (primary N) is 1. The van der Waals surface area contributed by atoms with Gasteiger partial charge >= 0.3 is 0 Å². The highest BCUT2D eigenvalue weighted by Gasteiger charge is 2.23. The van der Waals surface area contributed by atoms with E-state index in [2.05, 4.69) is 16.0 Å². The first-order chi connectivity index (χ1) is 23.3. The van der Waals surface area contributed by atoms with Gasteiger partial charge in [0.15, 0.2) is 0 Å². The molecule has 10 heteroatoms. The third-order valence-corrected chi connectivity index (χ3v) is 8.30. The van der Waals surface area contributed by atoms with Gasteiger partial charge in [-0.05, 0) is 83.9 Å². The van der Waals surface area contributed by atoms with Gasteiger partial charge in [-0.2, -0.15) is 0 Å². The number of hydrogen-bond acceptors (Lipinski definition) is 6. The molecule has 0 aliphatic heterocycles. The van der Waals surface area contributed by atoms with Crippen molar-refractivity contribution in [2.45, 2.75) is 10.1 Å². The zero-order chi connectivity index (χ0) is 33.9.